The van der Waals surface area contributed by atoms with Gasteiger partial charge in [-0.15, -0.1) is 0 Å². The van der Waals surface area contributed by atoms with Crippen molar-refractivity contribution in [2.75, 3.05) is 52.5 Å². The second-order valence-corrected chi connectivity index (χ2v) is 8.53. The molecule has 0 aliphatic carbocycles. The van der Waals surface area contributed by atoms with Gasteiger partial charge >= 0.3 is 5.63 Å². The van der Waals surface area contributed by atoms with Gasteiger partial charge in [0.2, 0.25) is 0 Å². The van der Waals surface area contributed by atoms with Crippen molar-refractivity contribution in [2.24, 2.45) is 0 Å². The molecular formula is C25H28N2O6. The predicted octanol–water partition coefficient (Wildman–Crippen LogP) is 2.36. The molecule has 0 saturated carbocycles. The molecule has 2 aliphatic heterocycles. The van der Waals surface area contributed by atoms with Crippen LogP contribution >= 0.6 is 0 Å². The highest BCUT2D eigenvalue weighted by atomic mass is 16.6. The van der Waals surface area contributed by atoms with Crippen LogP contribution in [0.2, 0.25) is 0 Å². The third kappa shape index (κ3) is 4.17. The zero-order chi connectivity index (χ0) is 22.9. The molecule has 0 amide bonds. The number of aryl methyl sites for hydroxylation is 1. The molecule has 0 radical (unpaired) electrons. The summed E-state index contributed by atoms with van der Waals surface area (Å²) in [6.45, 7) is 7.52. The highest BCUT2D eigenvalue weighted by Gasteiger charge is 2.23. The maximum Gasteiger partial charge on any atom is 0.344 e. The SMILES string of the molecule is Cc1c(-c2ccc3c(c2)OCCO3)c(=O)oc2c(CN3CCN(CCO)CC3)c(O)ccc12. The van der Waals surface area contributed by atoms with Gasteiger partial charge in [0.25, 0.3) is 0 Å². The number of benzene rings is 2. The molecule has 8 heteroatoms. The summed E-state index contributed by atoms with van der Waals surface area (Å²) in [4.78, 5) is 17.6. The van der Waals surface area contributed by atoms with Crippen LogP contribution in [-0.4, -0.2) is 72.6 Å². The van der Waals surface area contributed by atoms with Crippen LogP contribution in [0.15, 0.2) is 39.5 Å². The molecule has 0 bridgehead atoms. The van der Waals surface area contributed by atoms with Gasteiger partial charge in [-0.3, -0.25) is 9.80 Å². The van der Waals surface area contributed by atoms with Crippen molar-refractivity contribution in [1.82, 2.24) is 9.80 Å². The van der Waals surface area contributed by atoms with Crippen molar-refractivity contribution < 1.29 is 24.1 Å². The number of nitrogens with zero attached hydrogens (tertiary/aromatic N) is 2. The lowest BCUT2D eigenvalue weighted by atomic mass is 9.97. The Labute approximate surface area is 191 Å². The van der Waals surface area contributed by atoms with Crippen molar-refractivity contribution in [3.05, 3.63) is 51.9 Å². The number of hydrogen-bond donors (Lipinski definition) is 2. The summed E-state index contributed by atoms with van der Waals surface area (Å²) in [5, 5.41) is 20.6. The van der Waals surface area contributed by atoms with E-state index >= 15 is 0 Å². The lowest BCUT2D eigenvalue weighted by Gasteiger charge is -2.34. The molecule has 33 heavy (non-hydrogen) atoms. The molecule has 0 atom stereocenters. The van der Waals surface area contributed by atoms with Gasteiger partial charge in [0.1, 0.15) is 24.5 Å². The number of aliphatic hydroxyl groups excluding tert-OH is 1. The van der Waals surface area contributed by atoms with E-state index in [1.54, 1.807) is 12.1 Å². The minimum Gasteiger partial charge on any atom is -0.507 e. The number of aliphatic hydroxyl groups is 1. The second kappa shape index (κ2) is 9.05. The van der Waals surface area contributed by atoms with Gasteiger partial charge in [0.05, 0.1) is 17.7 Å². The van der Waals surface area contributed by atoms with Crippen molar-refractivity contribution in [3.63, 3.8) is 0 Å². The van der Waals surface area contributed by atoms with E-state index in [9.17, 15) is 9.90 Å². The number of β-amino-alcohol motifs (C(OH)–C–C–N with tert-alkyl or cyclic N) is 1. The second-order valence-electron chi connectivity index (χ2n) is 8.53. The number of phenolic OH excluding ortho intramolecular Hbond substituents is 1. The topological polar surface area (TPSA) is 95.6 Å². The average Bonchev–Trinajstić information content (AvgIpc) is 2.82. The van der Waals surface area contributed by atoms with Crippen LogP contribution in [-0.2, 0) is 6.54 Å². The molecule has 0 spiro atoms. The first-order valence-electron chi connectivity index (χ1n) is 11.3. The summed E-state index contributed by atoms with van der Waals surface area (Å²) in [6, 6.07) is 8.93. The fourth-order valence-corrected chi connectivity index (χ4v) is 4.68. The van der Waals surface area contributed by atoms with E-state index in [0.717, 1.165) is 37.1 Å². The van der Waals surface area contributed by atoms with Crippen molar-refractivity contribution in [1.29, 1.82) is 0 Å². The van der Waals surface area contributed by atoms with Gasteiger partial charge in [-0.25, -0.2) is 4.79 Å². The van der Waals surface area contributed by atoms with Gasteiger partial charge in [-0.05, 0) is 42.3 Å². The van der Waals surface area contributed by atoms with E-state index in [0.29, 0.717) is 60.1 Å². The van der Waals surface area contributed by atoms with Gasteiger partial charge < -0.3 is 24.1 Å². The van der Waals surface area contributed by atoms with Crippen LogP contribution in [0.4, 0.5) is 0 Å². The van der Waals surface area contributed by atoms with Gasteiger partial charge in [0.15, 0.2) is 11.5 Å². The van der Waals surface area contributed by atoms with E-state index in [2.05, 4.69) is 9.80 Å². The largest absolute Gasteiger partial charge is 0.507 e. The van der Waals surface area contributed by atoms with Crippen molar-refractivity contribution >= 4 is 11.0 Å². The molecular weight excluding hydrogens is 424 g/mol. The van der Waals surface area contributed by atoms with Crippen LogP contribution in [0.1, 0.15) is 11.1 Å². The van der Waals surface area contributed by atoms with E-state index < -0.39 is 5.63 Å². The molecule has 2 N–H and O–H groups in total. The molecule has 1 saturated heterocycles. The van der Waals surface area contributed by atoms with E-state index in [-0.39, 0.29) is 12.4 Å². The number of piperazine rings is 1. The highest BCUT2D eigenvalue weighted by Crippen LogP contribution is 2.37. The summed E-state index contributed by atoms with van der Waals surface area (Å²) in [6.07, 6.45) is 0. The molecule has 174 valence electrons. The number of hydrogen-bond acceptors (Lipinski definition) is 8. The zero-order valence-corrected chi connectivity index (χ0v) is 18.7. The zero-order valence-electron chi connectivity index (χ0n) is 18.7. The third-order valence-corrected chi connectivity index (χ3v) is 6.51. The molecule has 2 aromatic carbocycles. The van der Waals surface area contributed by atoms with Crippen LogP contribution < -0.4 is 15.1 Å². The van der Waals surface area contributed by atoms with Gasteiger partial charge in [0, 0.05) is 44.7 Å². The number of phenols is 1. The maximum atomic E-state index is 13.1. The molecule has 3 heterocycles. The van der Waals surface area contributed by atoms with Crippen molar-refractivity contribution in [3.8, 4) is 28.4 Å². The molecule has 1 aromatic heterocycles. The van der Waals surface area contributed by atoms with E-state index in [1.165, 1.54) is 0 Å². The first-order chi connectivity index (χ1) is 16.0. The Morgan fingerprint density at radius 3 is 2.45 bits per heavy atom. The Morgan fingerprint density at radius 1 is 0.970 bits per heavy atom. The fraction of sp³-hybridized carbons (Fsp3) is 0.400. The summed E-state index contributed by atoms with van der Waals surface area (Å²) < 4.78 is 17.1. The van der Waals surface area contributed by atoms with Crippen LogP contribution in [0.5, 0.6) is 17.2 Å². The quantitative estimate of drug-likeness (QED) is 0.570. The summed E-state index contributed by atoms with van der Waals surface area (Å²) >= 11 is 0. The number of fused-ring (bicyclic) bond motifs is 2. The first-order valence-corrected chi connectivity index (χ1v) is 11.3. The molecule has 3 aromatic rings. The number of ether oxygens (including phenoxy) is 2. The summed E-state index contributed by atoms with van der Waals surface area (Å²) in [5.74, 6) is 1.40. The summed E-state index contributed by atoms with van der Waals surface area (Å²) in [5.41, 5.74) is 2.59. The Balaban J connectivity index is 1.50. The first kappa shape index (κ1) is 21.8. The fourth-order valence-electron chi connectivity index (χ4n) is 4.68. The maximum absolute atomic E-state index is 13.1. The van der Waals surface area contributed by atoms with Crippen LogP contribution in [0, 0.1) is 6.92 Å². The monoisotopic (exact) mass is 452 g/mol. The van der Waals surface area contributed by atoms with Crippen molar-refractivity contribution in [2.45, 2.75) is 13.5 Å². The van der Waals surface area contributed by atoms with E-state index in [4.69, 9.17) is 19.0 Å². The number of aromatic hydroxyl groups is 1. The number of rotatable bonds is 5. The Kier molecular flexibility index (Phi) is 5.97. The Hall–Kier alpha value is -3.07. The summed E-state index contributed by atoms with van der Waals surface area (Å²) in [7, 11) is 0. The minimum atomic E-state index is -0.448. The lowest BCUT2D eigenvalue weighted by Crippen LogP contribution is -2.46. The predicted molar refractivity (Wildman–Crippen MR) is 124 cm³/mol. The lowest BCUT2D eigenvalue weighted by molar-refractivity contribution is 0.108. The highest BCUT2D eigenvalue weighted by molar-refractivity contribution is 5.90. The molecule has 8 nitrogen and oxygen atoms in total. The van der Waals surface area contributed by atoms with Crippen LogP contribution in [0.25, 0.3) is 22.1 Å². The average molecular weight is 453 g/mol. The van der Waals surface area contributed by atoms with Gasteiger partial charge in [-0.1, -0.05) is 6.07 Å². The normalized spacial score (nSPS) is 16.9. The minimum absolute atomic E-state index is 0.120. The standard InChI is InChI=1S/C25H28N2O6/c1-16-18-3-4-20(29)19(15-27-8-6-26(7-9-27)10-11-28)24(18)33-25(30)23(16)17-2-5-21-22(14-17)32-13-12-31-21/h2-5,14,28-29H,6-13,15H2,1H3. The molecule has 2 aliphatic rings. The molecule has 0 unspecified atom stereocenters. The third-order valence-electron chi connectivity index (χ3n) is 6.51. The van der Waals surface area contributed by atoms with Crippen LogP contribution in [0.3, 0.4) is 0 Å². The molecule has 5 rings (SSSR count). The Morgan fingerprint density at radius 2 is 1.70 bits per heavy atom. The smallest absolute Gasteiger partial charge is 0.344 e. The Bertz CT molecular complexity index is 1230. The molecule has 1 fully saturated rings. The van der Waals surface area contributed by atoms with Gasteiger partial charge in [-0.2, -0.15) is 0 Å². The van der Waals surface area contributed by atoms with E-state index in [1.807, 2.05) is 25.1 Å².